The van der Waals surface area contributed by atoms with Crippen LogP contribution in [-0.4, -0.2) is 24.2 Å². The summed E-state index contributed by atoms with van der Waals surface area (Å²) >= 11 is 1.23. The molecule has 1 aromatic heterocycles. The monoisotopic (exact) mass is 556 g/mol. The Balaban J connectivity index is 0.00000380. The van der Waals surface area contributed by atoms with Crippen molar-refractivity contribution in [1.29, 1.82) is 0 Å². The first-order valence-corrected chi connectivity index (χ1v) is 10.9. The number of urea groups is 1. The van der Waals surface area contributed by atoms with Gasteiger partial charge >= 0.3 is 18.3 Å². The predicted octanol–water partition coefficient (Wildman–Crippen LogP) is 7.49. The number of nitrogens with one attached hydrogen (secondary N) is 3. The fraction of sp³-hybridized carbons (Fsp3) is 0.0870. The van der Waals surface area contributed by atoms with Crippen molar-refractivity contribution < 1.29 is 36.6 Å². The average molecular weight is 557 g/mol. The van der Waals surface area contributed by atoms with E-state index in [0.29, 0.717) is 46.0 Å². The summed E-state index contributed by atoms with van der Waals surface area (Å²) in [7, 11) is 1.25. The molecule has 37 heavy (non-hydrogen) atoms. The quantitative estimate of drug-likeness (QED) is 0.221. The van der Waals surface area contributed by atoms with Crippen LogP contribution in [0.5, 0.6) is 11.5 Å². The fourth-order valence-corrected chi connectivity index (χ4v) is 3.86. The number of anilines is 3. The second-order valence-electron chi connectivity index (χ2n) is 7.16. The van der Waals surface area contributed by atoms with Crippen molar-refractivity contribution >= 4 is 62.6 Å². The number of carbonyl (C=O) groups excluding carboxylic acids is 2. The molecule has 0 aliphatic heterocycles. The van der Waals surface area contributed by atoms with E-state index in [1.165, 1.54) is 30.6 Å². The number of thiazole rings is 1. The normalized spacial score (nSPS) is 10.8. The summed E-state index contributed by atoms with van der Waals surface area (Å²) in [4.78, 5) is 27.7. The van der Waals surface area contributed by atoms with E-state index in [-0.39, 0.29) is 12.4 Å². The molecular formula is C23H17ClF4N4O4S. The fourth-order valence-electron chi connectivity index (χ4n) is 2.98. The summed E-state index contributed by atoms with van der Waals surface area (Å²) in [6, 6.07) is 12.1. The van der Waals surface area contributed by atoms with Gasteiger partial charge in [0.2, 0.25) is 0 Å². The number of carbonyl (C=O) groups is 2. The number of amides is 3. The van der Waals surface area contributed by atoms with Gasteiger partial charge in [0.05, 0.1) is 28.6 Å². The van der Waals surface area contributed by atoms with Crippen LogP contribution in [0.2, 0.25) is 0 Å². The van der Waals surface area contributed by atoms with Gasteiger partial charge in [0.15, 0.2) is 5.13 Å². The molecule has 0 saturated carbocycles. The van der Waals surface area contributed by atoms with Crippen LogP contribution in [0, 0.1) is 5.82 Å². The lowest BCUT2D eigenvalue weighted by Gasteiger charge is -2.12. The van der Waals surface area contributed by atoms with Gasteiger partial charge in [0.1, 0.15) is 17.3 Å². The highest BCUT2D eigenvalue weighted by atomic mass is 35.5. The van der Waals surface area contributed by atoms with E-state index >= 15 is 0 Å². The van der Waals surface area contributed by atoms with Gasteiger partial charge in [0.25, 0.3) is 0 Å². The first-order chi connectivity index (χ1) is 17.1. The first kappa shape index (κ1) is 27.5. The third-order valence-corrected chi connectivity index (χ3v) is 5.58. The minimum Gasteiger partial charge on any atom is -0.457 e. The molecule has 0 spiro atoms. The van der Waals surface area contributed by atoms with Crippen LogP contribution in [0.3, 0.4) is 0 Å². The van der Waals surface area contributed by atoms with E-state index in [1.54, 1.807) is 30.3 Å². The maximum absolute atomic E-state index is 13.8. The highest BCUT2D eigenvalue weighted by Gasteiger charge is 2.31. The molecule has 0 unspecified atom stereocenters. The van der Waals surface area contributed by atoms with E-state index in [1.807, 2.05) is 0 Å². The Morgan fingerprint density at radius 1 is 0.919 bits per heavy atom. The molecule has 0 saturated heterocycles. The SMILES string of the molecule is COC(=O)Nc1nc2ccc(Oc3ccc(NC(=O)Nc4cc(C(F)(F)F)ccc4F)cc3)cc2s1.Cl. The summed E-state index contributed by atoms with van der Waals surface area (Å²) in [5.41, 5.74) is -0.746. The van der Waals surface area contributed by atoms with Gasteiger partial charge in [0, 0.05) is 11.8 Å². The van der Waals surface area contributed by atoms with Crippen LogP contribution in [0.25, 0.3) is 10.2 Å². The molecule has 8 nitrogen and oxygen atoms in total. The minimum atomic E-state index is -4.68. The van der Waals surface area contributed by atoms with E-state index in [0.717, 1.165) is 4.70 Å². The van der Waals surface area contributed by atoms with Crippen molar-refractivity contribution in [3.05, 3.63) is 72.0 Å². The molecule has 4 aromatic rings. The minimum absolute atomic E-state index is 0. The zero-order valence-electron chi connectivity index (χ0n) is 18.7. The second-order valence-corrected chi connectivity index (χ2v) is 8.19. The van der Waals surface area contributed by atoms with Gasteiger partial charge in [-0.2, -0.15) is 13.2 Å². The maximum atomic E-state index is 13.8. The van der Waals surface area contributed by atoms with Gasteiger partial charge in [-0.3, -0.25) is 5.32 Å². The number of alkyl halides is 3. The van der Waals surface area contributed by atoms with Gasteiger partial charge in [-0.25, -0.2) is 19.0 Å². The zero-order valence-corrected chi connectivity index (χ0v) is 20.3. The smallest absolute Gasteiger partial charge is 0.416 e. The van der Waals surface area contributed by atoms with Crippen molar-refractivity contribution in [2.45, 2.75) is 6.18 Å². The third kappa shape index (κ3) is 6.98. The number of rotatable bonds is 5. The Bertz CT molecular complexity index is 1430. The second kappa shape index (κ2) is 11.3. The van der Waals surface area contributed by atoms with E-state index in [2.05, 4.69) is 25.7 Å². The highest BCUT2D eigenvalue weighted by molar-refractivity contribution is 7.22. The number of methoxy groups -OCH3 is 1. The highest BCUT2D eigenvalue weighted by Crippen LogP contribution is 2.33. The van der Waals surface area contributed by atoms with Crippen LogP contribution in [0.4, 0.5) is 43.7 Å². The Kier molecular flexibility index (Phi) is 8.40. The van der Waals surface area contributed by atoms with Crippen molar-refractivity contribution in [2.24, 2.45) is 0 Å². The van der Waals surface area contributed by atoms with Gasteiger partial charge in [-0.05, 0) is 54.6 Å². The number of benzene rings is 3. The molecule has 194 valence electrons. The largest absolute Gasteiger partial charge is 0.457 e. The summed E-state index contributed by atoms with van der Waals surface area (Å²) in [6.45, 7) is 0. The molecule has 14 heteroatoms. The molecule has 0 atom stereocenters. The van der Waals surface area contributed by atoms with Crippen LogP contribution in [-0.2, 0) is 10.9 Å². The van der Waals surface area contributed by atoms with Crippen LogP contribution in [0.1, 0.15) is 5.56 Å². The Morgan fingerprint density at radius 3 is 2.30 bits per heavy atom. The number of nitrogens with zero attached hydrogens (tertiary/aromatic N) is 1. The van der Waals surface area contributed by atoms with Gasteiger partial charge < -0.3 is 20.1 Å². The number of aromatic nitrogens is 1. The van der Waals surface area contributed by atoms with Gasteiger partial charge in [-0.1, -0.05) is 11.3 Å². The van der Waals surface area contributed by atoms with E-state index in [4.69, 9.17) is 4.74 Å². The average Bonchev–Trinajstić information content (AvgIpc) is 3.22. The number of hydrogen-bond donors (Lipinski definition) is 3. The predicted molar refractivity (Wildman–Crippen MR) is 133 cm³/mol. The summed E-state index contributed by atoms with van der Waals surface area (Å²) in [5.74, 6) is -0.0797. The van der Waals surface area contributed by atoms with Crippen LogP contribution >= 0.6 is 23.7 Å². The molecule has 0 fully saturated rings. The van der Waals surface area contributed by atoms with Crippen molar-refractivity contribution in [3.63, 3.8) is 0 Å². The molecule has 0 bridgehead atoms. The summed E-state index contributed by atoms with van der Waals surface area (Å²) in [5, 5.41) is 7.34. The van der Waals surface area contributed by atoms with Crippen LogP contribution < -0.4 is 20.7 Å². The third-order valence-electron chi connectivity index (χ3n) is 4.64. The van der Waals surface area contributed by atoms with Crippen molar-refractivity contribution in [3.8, 4) is 11.5 Å². The molecule has 3 N–H and O–H groups in total. The van der Waals surface area contributed by atoms with E-state index < -0.39 is 35.4 Å². The van der Waals surface area contributed by atoms with Crippen LogP contribution in [0.15, 0.2) is 60.7 Å². The first-order valence-electron chi connectivity index (χ1n) is 10.1. The maximum Gasteiger partial charge on any atom is 0.416 e. The topological polar surface area (TPSA) is 102 Å². The van der Waals surface area contributed by atoms with E-state index in [9.17, 15) is 27.2 Å². The molecule has 3 aromatic carbocycles. The lowest BCUT2D eigenvalue weighted by Crippen LogP contribution is -2.20. The number of halogens is 5. The zero-order chi connectivity index (χ0) is 25.9. The number of ether oxygens (including phenoxy) is 2. The molecule has 0 aliphatic rings. The molecule has 1 heterocycles. The number of hydrogen-bond acceptors (Lipinski definition) is 6. The molecule has 3 amide bonds. The summed E-state index contributed by atoms with van der Waals surface area (Å²) < 4.78 is 63.4. The summed E-state index contributed by atoms with van der Waals surface area (Å²) in [6.07, 6.45) is -5.31. The molecular weight excluding hydrogens is 540 g/mol. The Hall–Kier alpha value is -4.10. The van der Waals surface area contributed by atoms with Gasteiger partial charge in [-0.15, -0.1) is 12.4 Å². The molecule has 4 rings (SSSR count). The number of fused-ring (bicyclic) bond motifs is 1. The Labute approximate surface area is 217 Å². The lowest BCUT2D eigenvalue weighted by molar-refractivity contribution is -0.137. The standard InChI is InChI=1S/C23H16F4N4O4S.ClH/c1-34-22(33)31-21-30-17-9-7-15(11-19(17)36-21)35-14-5-3-13(4-6-14)28-20(32)29-18-10-12(23(25,26)27)2-8-16(18)24;/h2-11H,1H3,(H2,28,29,32)(H,30,31,33);1H. The lowest BCUT2D eigenvalue weighted by atomic mass is 10.2. The van der Waals surface area contributed by atoms with Crippen molar-refractivity contribution in [2.75, 3.05) is 23.1 Å². The molecule has 0 radical (unpaired) electrons. The Morgan fingerprint density at radius 2 is 1.62 bits per heavy atom. The van der Waals surface area contributed by atoms with Crippen molar-refractivity contribution in [1.82, 2.24) is 4.98 Å². The molecule has 0 aliphatic carbocycles.